The summed E-state index contributed by atoms with van der Waals surface area (Å²) in [4.78, 5) is 31.2. The molecule has 7 heteroatoms. The van der Waals surface area contributed by atoms with Crippen molar-refractivity contribution in [1.29, 1.82) is 0 Å². The highest BCUT2D eigenvalue weighted by Gasteiger charge is 2.27. The molecular formula is C22H21N3O4. The van der Waals surface area contributed by atoms with Gasteiger partial charge in [-0.2, -0.15) is 0 Å². The summed E-state index contributed by atoms with van der Waals surface area (Å²) in [5, 5.41) is 0. The number of carbonyl (C=O) groups is 1. The molecule has 2 aromatic carbocycles. The Labute approximate surface area is 166 Å². The lowest BCUT2D eigenvalue weighted by molar-refractivity contribution is -0.132. The Morgan fingerprint density at radius 3 is 2.52 bits per heavy atom. The highest BCUT2D eigenvalue weighted by molar-refractivity contribution is 5.77. The molecule has 1 saturated heterocycles. The van der Waals surface area contributed by atoms with Crippen LogP contribution in [-0.2, 0) is 11.3 Å². The van der Waals surface area contributed by atoms with Crippen molar-refractivity contribution in [3.8, 4) is 0 Å². The van der Waals surface area contributed by atoms with Gasteiger partial charge in [0.15, 0.2) is 17.1 Å². The van der Waals surface area contributed by atoms with E-state index in [1.54, 1.807) is 6.07 Å². The number of hydrogen-bond acceptors (Lipinski definition) is 5. The smallest absolute Gasteiger partial charge is 0.419 e. The largest absolute Gasteiger partial charge is 0.440 e. The first-order chi connectivity index (χ1) is 14.2. The molecule has 5 rings (SSSR count). The van der Waals surface area contributed by atoms with Crippen LogP contribution < -0.4 is 5.76 Å². The van der Waals surface area contributed by atoms with E-state index in [0.717, 1.165) is 35.3 Å². The number of amides is 1. The molecule has 0 atom stereocenters. The van der Waals surface area contributed by atoms with Crippen molar-refractivity contribution < 1.29 is 13.6 Å². The van der Waals surface area contributed by atoms with Gasteiger partial charge >= 0.3 is 5.76 Å². The molecular weight excluding hydrogens is 370 g/mol. The average molecular weight is 391 g/mol. The van der Waals surface area contributed by atoms with Crippen molar-refractivity contribution in [2.75, 3.05) is 13.1 Å². The van der Waals surface area contributed by atoms with E-state index in [2.05, 4.69) is 4.98 Å². The fourth-order valence-corrected chi connectivity index (χ4v) is 4.03. The number of para-hydroxylation sites is 4. The maximum atomic E-state index is 12.7. The zero-order valence-electron chi connectivity index (χ0n) is 15.9. The molecule has 148 valence electrons. The van der Waals surface area contributed by atoms with Crippen LogP contribution in [0.1, 0.15) is 31.1 Å². The Bertz CT molecular complexity index is 1190. The van der Waals surface area contributed by atoms with Crippen molar-refractivity contribution in [1.82, 2.24) is 14.5 Å². The molecule has 1 amide bonds. The molecule has 7 nitrogen and oxygen atoms in total. The number of hydrogen-bond donors (Lipinski definition) is 0. The van der Waals surface area contributed by atoms with Crippen LogP contribution in [-0.4, -0.2) is 33.4 Å². The zero-order chi connectivity index (χ0) is 19.8. The van der Waals surface area contributed by atoms with Crippen molar-refractivity contribution in [2.45, 2.75) is 31.7 Å². The second kappa shape index (κ2) is 7.24. The molecule has 3 heterocycles. The van der Waals surface area contributed by atoms with Gasteiger partial charge in [-0.15, -0.1) is 0 Å². The molecule has 0 aliphatic carbocycles. The molecule has 0 unspecified atom stereocenters. The van der Waals surface area contributed by atoms with Crippen molar-refractivity contribution in [3.05, 3.63) is 65.0 Å². The minimum absolute atomic E-state index is 0.0539. The first-order valence-electron chi connectivity index (χ1n) is 9.90. The van der Waals surface area contributed by atoms with E-state index >= 15 is 0 Å². The fourth-order valence-electron chi connectivity index (χ4n) is 4.03. The summed E-state index contributed by atoms with van der Waals surface area (Å²) >= 11 is 0. The van der Waals surface area contributed by atoms with Crippen LogP contribution in [0, 0.1) is 0 Å². The molecule has 2 aromatic heterocycles. The SMILES string of the molecule is O=C(CCn1c(=O)oc2ccccc21)N1CCC(c2nc3ccccc3o2)CC1. The summed E-state index contributed by atoms with van der Waals surface area (Å²) in [7, 11) is 0. The third-order valence-electron chi connectivity index (χ3n) is 5.63. The number of nitrogens with zero attached hydrogens (tertiary/aromatic N) is 3. The van der Waals surface area contributed by atoms with Gasteiger partial charge in [0.25, 0.3) is 0 Å². The van der Waals surface area contributed by atoms with Crippen LogP contribution in [0.25, 0.3) is 22.2 Å². The number of likely N-dealkylation sites (tertiary alicyclic amines) is 1. The number of aryl methyl sites for hydroxylation is 1. The van der Waals surface area contributed by atoms with Gasteiger partial charge in [-0.1, -0.05) is 24.3 Å². The second-order valence-electron chi connectivity index (χ2n) is 7.41. The van der Waals surface area contributed by atoms with Crippen LogP contribution in [0.5, 0.6) is 0 Å². The van der Waals surface area contributed by atoms with Crippen LogP contribution in [0.2, 0.25) is 0 Å². The highest BCUT2D eigenvalue weighted by atomic mass is 16.4. The fraction of sp³-hybridized carbons (Fsp3) is 0.318. The van der Waals surface area contributed by atoms with E-state index in [9.17, 15) is 9.59 Å². The predicted octanol–water partition coefficient (Wildman–Crippen LogP) is 3.53. The number of piperidine rings is 1. The molecule has 0 saturated carbocycles. The summed E-state index contributed by atoms with van der Waals surface area (Å²) < 4.78 is 12.6. The minimum atomic E-state index is -0.423. The average Bonchev–Trinajstić information content (AvgIpc) is 3.32. The van der Waals surface area contributed by atoms with E-state index < -0.39 is 5.76 Å². The molecule has 29 heavy (non-hydrogen) atoms. The number of benzene rings is 2. The molecule has 0 radical (unpaired) electrons. The van der Waals surface area contributed by atoms with Crippen LogP contribution >= 0.6 is 0 Å². The van der Waals surface area contributed by atoms with Gasteiger partial charge in [-0.3, -0.25) is 9.36 Å². The number of oxazole rings is 2. The van der Waals surface area contributed by atoms with Crippen molar-refractivity contribution >= 4 is 28.1 Å². The Balaban J connectivity index is 1.21. The standard InChI is InChI=1S/C22H21N3O4/c26-20(11-14-25-17-6-2-4-8-19(17)29-22(25)27)24-12-9-15(10-13-24)21-23-16-5-1-3-7-18(16)28-21/h1-8,15H,9-14H2. The first-order valence-corrected chi connectivity index (χ1v) is 9.90. The summed E-state index contributed by atoms with van der Waals surface area (Å²) in [5.41, 5.74) is 2.95. The monoisotopic (exact) mass is 391 g/mol. The zero-order valence-corrected chi connectivity index (χ0v) is 15.9. The summed E-state index contributed by atoms with van der Waals surface area (Å²) in [6, 6.07) is 15.0. The number of carbonyl (C=O) groups excluding carboxylic acids is 1. The predicted molar refractivity (Wildman–Crippen MR) is 108 cm³/mol. The van der Waals surface area contributed by atoms with E-state index in [4.69, 9.17) is 8.83 Å². The van der Waals surface area contributed by atoms with Crippen LogP contribution in [0.15, 0.2) is 62.2 Å². The Morgan fingerprint density at radius 1 is 1.00 bits per heavy atom. The minimum Gasteiger partial charge on any atom is -0.440 e. The maximum Gasteiger partial charge on any atom is 0.419 e. The normalized spacial score (nSPS) is 15.4. The summed E-state index contributed by atoms with van der Waals surface area (Å²) in [6.07, 6.45) is 1.93. The van der Waals surface area contributed by atoms with E-state index in [-0.39, 0.29) is 18.2 Å². The molecule has 1 fully saturated rings. The molecule has 0 N–H and O–H groups in total. The number of aromatic nitrogens is 2. The molecule has 1 aliphatic rings. The highest BCUT2D eigenvalue weighted by Crippen LogP contribution is 2.30. The molecule has 4 aromatic rings. The van der Waals surface area contributed by atoms with Gasteiger partial charge < -0.3 is 13.7 Å². The lowest BCUT2D eigenvalue weighted by atomic mass is 9.96. The van der Waals surface area contributed by atoms with Gasteiger partial charge in [0.1, 0.15) is 5.52 Å². The first kappa shape index (κ1) is 17.7. The Hall–Kier alpha value is -3.35. The topological polar surface area (TPSA) is 81.5 Å². The summed E-state index contributed by atoms with van der Waals surface area (Å²) in [6.45, 7) is 1.66. The van der Waals surface area contributed by atoms with E-state index in [0.29, 0.717) is 25.2 Å². The van der Waals surface area contributed by atoms with Crippen molar-refractivity contribution in [3.63, 3.8) is 0 Å². The number of rotatable bonds is 4. The third-order valence-corrected chi connectivity index (χ3v) is 5.63. The maximum absolute atomic E-state index is 12.7. The van der Waals surface area contributed by atoms with Crippen molar-refractivity contribution in [2.24, 2.45) is 0 Å². The van der Waals surface area contributed by atoms with Gasteiger partial charge in [-0.05, 0) is 37.1 Å². The van der Waals surface area contributed by atoms with E-state index in [1.165, 1.54) is 4.57 Å². The lowest BCUT2D eigenvalue weighted by Gasteiger charge is -2.30. The molecule has 0 bridgehead atoms. The van der Waals surface area contributed by atoms with Crippen LogP contribution in [0.3, 0.4) is 0 Å². The van der Waals surface area contributed by atoms with Gasteiger partial charge in [0.2, 0.25) is 5.91 Å². The lowest BCUT2D eigenvalue weighted by Crippen LogP contribution is -2.38. The second-order valence-corrected chi connectivity index (χ2v) is 7.41. The summed E-state index contributed by atoms with van der Waals surface area (Å²) in [5.74, 6) is 0.619. The number of fused-ring (bicyclic) bond motifs is 2. The Kier molecular flexibility index (Phi) is 4.42. The van der Waals surface area contributed by atoms with Gasteiger partial charge in [0.05, 0.1) is 5.52 Å². The van der Waals surface area contributed by atoms with Crippen LogP contribution in [0.4, 0.5) is 0 Å². The van der Waals surface area contributed by atoms with Gasteiger partial charge in [-0.25, -0.2) is 9.78 Å². The quantitative estimate of drug-likeness (QED) is 0.532. The molecule has 1 aliphatic heterocycles. The third kappa shape index (κ3) is 3.33. The van der Waals surface area contributed by atoms with E-state index in [1.807, 2.05) is 47.4 Å². The molecule has 0 spiro atoms. The Morgan fingerprint density at radius 2 is 1.72 bits per heavy atom. The van der Waals surface area contributed by atoms with Gasteiger partial charge in [0, 0.05) is 32.0 Å².